The number of nitrogens with zero attached hydrogens (tertiary/aromatic N) is 2. The molecule has 2 rings (SSSR count). The molecular formula is C13H17N3. The summed E-state index contributed by atoms with van der Waals surface area (Å²) in [5.41, 5.74) is 4.58. The van der Waals surface area contributed by atoms with Crippen LogP contribution in [-0.4, -0.2) is 16.1 Å². The van der Waals surface area contributed by atoms with Gasteiger partial charge in [0.2, 0.25) is 0 Å². The maximum absolute atomic E-state index is 4.30. The first-order valence-electron chi connectivity index (χ1n) is 5.57. The van der Waals surface area contributed by atoms with Gasteiger partial charge in [0.05, 0.1) is 12.0 Å². The predicted octanol–water partition coefficient (Wildman–Crippen LogP) is 2.92. The lowest BCUT2D eigenvalue weighted by molar-refractivity contribution is 1.00. The molecule has 1 aromatic carbocycles. The van der Waals surface area contributed by atoms with Gasteiger partial charge in [-0.05, 0) is 45.0 Å². The Morgan fingerprint density at radius 1 is 1.19 bits per heavy atom. The van der Waals surface area contributed by atoms with Crippen LogP contribution in [0.15, 0.2) is 30.6 Å². The van der Waals surface area contributed by atoms with Crippen molar-refractivity contribution >= 4 is 5.69 Å². The van der Waals surface area contributed by atoms with Crippen molar-refractivity contribution in [1.29, 1.82) is 0 Å². The van der Waals surface area contributed by atoms with E-state index in [1.54, 1.807) is 0 Å². The van der Waals surface area contributed by atoms with E-state index >= 15 is 0 Å². The van der Waals surface area contributed by atoms with Gasteiger partial charge in [-0.25, -0.2) is 4.98 Å². The van der Waals surface area contributed by atoms with Gasteiger partial charge in [0.25, 0.3) is 0 Å². The molecule has 0 aliphatic rings. The molecule has 1 aromatic heterocycles. The van der Waals surface area contributed by atoms with E-state index < -0.39 is 0 Å². The Hall–Kier alpha value is -1.77. The van der Waals surface area contributed by atoms with Crippen LogP contribution in [0.25, 0.3) is 5.69 Å². The molecule has 0 radical (unpaired) electrons. The third-order valence-corrected chi connectivity index (χ3v) is 2.78. The maximum Gasteiger partial charge on any atom is 0.0997 e. The van der Waals surface area contributed by atoms with Crippen molar-refractivity contribution in [3.8, 4) is 5.69 Å². The molecule has 1 N–H and O–H groups in total. The van der Waals surface area contributed by atoms with Gasteiger partial charge in [0, 0.05) is 23.6 Å². The smallest absolute Gasteiger partial charge is 0.0997 e. The quantitative estimate of drug-likeness (QED) is 0.853. The minimum Gasteiger partial charge on any atom is -0.385 e. The summed E-state index contributed by atoms with van der Waals surface area (Å²) >= 11 is 0. The molecule has 0 aliphatic heterocycles. The summed E-state index contributed by atoms with van der Waals surface area (Å²) in [4.78, 5) is 4.30. The highest BCUT2D eigenvalue weighted by Gasteiger charge is 2.03. The van der Waals surface area contributed by atoms with E-state index in [9.17, 15) is 0 Å². The molecule has 84 valence electrons. The second-order valence-corrected chi connectivity index (χ2v) is 3.86. The molecule has 2 aromatic rings. The fourth-order valence-electron chi connectivity index (χ4n) is 1.70. The molecule has 0 bridgehead atoms. The van der Waals surface area contributed by atoms with E-state index in [1.165, 1.54) is 5.69 Å². The highest BCUT2D eigenvalue weighted by atomic mass is 15.1. The van der Waals surface area contributed by atoms with Crippen molar-refractivity contribution in [2.45, 2.75) is 20.8 Å². The molecule has 0 saturated carbocycles. The first kappa shape index (κ1) is 10.7. The molecule has 0 amide bonds. The number of anilines is 1. The second-order valence-electron chi connectivity index (χ2n) is 3.86. The number of aryl methyl sites for hydroxylation is 1. The summed E-state index contributed by atoms with van der Waals surface area (Å²) < 4.78 is 2.10. The second kappa shape index (κ2) is 4.39. The number of rotatable bonds is 3. The van der Waals surface area contributed by atoms with E-state index in [-0.39, 0.29) is 0 Å². The maximum atomic E-state index is 4.30. The van der Waals surface area contributed by atoms with Crippen LogP contribution in [0.5, 0.6) is 0 Å². The standard InChI is InChI=1S/C13H17N3/c1-4-14-12-5-7-13(8-6-12)16-9-15-10(2)11(16)3/h5-9,14H,4H2,1-3H3. The largest absolute Gasteiger partial charge is 0.385 e. The predicted molar refractivity (Wildman–Crippen MR) is 67.2 cm³/mol. The van der Waals surface area contributed by atoms with Crippen LogP contribution >= 0.6 is 0 Å². The number of nitrogens with one attached hydrogen (secondary N) is 1. The van der Waals surface area contributed by atoms with Gasteiger partial charge < -0.3 is 9.88 Å². The van der Waals surface area contributed by atoms with Crippen molar-refractivity contribution < 1.29 is 0 Å². The minimum absolute atomic E-state index is 0.947. The summed E-state index contributed by atoms with van der Waals surface area (Å²) in [6.07, 6.45) is 1.87. The zero-order valence-corrected chi connectivity index (χ0v) is 9.99. The molecule has 3 heteroatoms. The third-order valence-electron chi connectivity index (χ3n) is 2.78. The molecule has 0 saturated heterocycles. The van der Waals surface area contributed by atoms with Crippen molar-refractivity contribution in [1.82, 2.24) is 9.55 Å². The Morgan fingerprint density at radius 2 is 1.88 bits per heavy atom. The summed E-state index contributed by atoms with van der Waals surface area (Å²) in [6.45, 7) is 7.15. The van der Waals surface area contributed by atoms with Gasteiger partial charge in [-0.2, -0.15) is 0 Å². The molecule has 0 unspecified atom stereocenters. The lowest BCUT2D eigenvalue weighted by Gasteiger charge is -2.07. The monoisotopic (exact) mass is 215 g/mol. The van der Waals surface area contributed by atoms with Crippen LogP contribution in [0.1, 0.15) is 18.3 Å². The molecule has 16 heavy (non-hydrogen) atoms. The Kier molecular flexibility index (Phi) is 2.95. The van der Waals surface area contributed by atoms with Crippen LogP contribution in [-0.2, 0) is 0 Å². The topological polar surface area (TPSA) is 29.9 Å². The molecule has 0 aliphatic carbocycles. The number of aromatic nitrogens is 2. The Morgan fingerprint density at radius 3 is 2.38 bits per heavy atom. The van der Waals surface area contributed by atoms with Gasteiger partial charge in [0.15, 0.2) is 0 Å². The summed E-state index contributed by atoms with van der Waals surface area (Å²) in [6, 6.07) is 8.39. The first-order valence-corrected chi connectivity index (χ1v) is 5.57. The zero-order valence-electron chi connectivity index (χ0n) is 9.99. The Bertz CT molecular complexity index is 468. The number of imidazole rings is 1. The highest BCUT2D eigenvalue weighted by molar-refractivity contribution is 5.49. The third kappa shape index (κ3) is 1.94. The highest BCUT2D eigenvalue weighted by Crippen LogP contribution is 2.16. The van der Waals surface area contributed by atoms with Crippen molar-refractivity contribution in [2.75, 3.05) is 11.9 Å². The molecular weight excluding hydrogens is 198 g/mol. The zero-order chi connectivity index (χ0) is 11.5. The van der Waals surface area contributed by atoms with Crippen LogP contribution in [0.4, 0.5) is 5.69 Å². The number of hydrogen-bond acceptors (Lipinski definition) is 2. The van der Waals surface area contributed by atoms with E-state index in [0.717, 1.165) is 23.6 Å². The van der Waals surface area contributed by atoms with Crippen molar-refractivity contribution in [2.24, 2.45) is 0 Å². The molecule has 0 fully saturated rings. The lowest BCUT2D eigenvalue weighted by Crippen LogP contribution is -1.98. The van der Waals surface area contributed by atoms with Gasteiger partial charge >= 0.3 is 0 Å². The van der Waals surface area contributed by atoms with Gasteiger partial charge in [-0.3, -0.25) is 0 Å². The first-order chi connectivity index (χ1) is 7.72. The van der Waals surface area contributed by atoms with Crippen LogP contribution < -0.4 is 5.32 Å². The van der Waals surface area contributed by atoms with Crippen LogP contribution in [0, 0.1) is 13.8 Å². The van der Waals surface area contributed by atoms with E-state index in [0.29, 0.717) is 0 Å². The average Bonchev–Trinajstić information content (AvgIpc) is 2.62. The average molecular weight is 215 g/mol. The normalized spacial score (nSPS) is 10.4. The number of hydrogen-bond donors (Lipinski definition) is 1. The molecule has 0 atom stereocenters. The van der Waals surface area contributed by atoms with E-state index in [4.69, 9.17) is 0 Å². The molecule has 3 nitrogen and oxygen atoms in total. The van der Waals surface area contributed by atoms with Crippen molar-refractivity contribution in [3.63, 3.8) is 0 Å². The fourth-order valence-corrected chi connectivity index (χ4v) is 1.70. The minimum atomic E-state index is 0.947. The van der Waals surface area contributed by atoms with Crippen molar-refractivity contribution in [3.05, 3.63) is 42.0 Å². The lowest BCUT2D eigenvalue weighted by atomic mass is 10.2. The summed E-state index contributed by atoms with van der Waals surface area (Å²) in [7, 11) is 0. The summed E-state index contributed by atoms with van der Waals surface area (Å²) in [5, 5.41) is 3.28. The van der Waals surface area contributed by atoms with Gasteiger partial charge in [0.1, 0.15) is 0 Å². The molecule has 0 spiro atoms. The van der Waals surface area contributed by atoms with E-state index in [1.807, 2.05) is 13.3 Å². The summed E-state index contributed by atoms with van der Waals surface area (Å²) in [5.74, 6) is 0. The number of benzene rings is 1. The van der Waals surface area contributed by atoms with Crippen LogP contribution in [0.3, 0.4) is 0 Å². The SMILES string of the molecule is CCNc1ccc(-n2cnc(C)c2C)cc1. The van der Waals surface area contributed by atoms with Gasteiger partial charge in [-0.15, -0.1) is 0 Å². The van der Waals surface area contributed by atoms with Crippen LogP contribution in [0.2, 0.25) is 0 Å². The van der Waals surface area contributed by atoms with Gasteiger partial charge in [-0.1, -0.05) is 0 Å². The Labute approximate surface area is 96.1 Å². The molecule has 1 heterocycles. The Balaban J connectivity index is 2.31. The van der Waals surface area contributed by atoms with E-state index in [2.05, 4.69) is 53.0 Å². The fraction of sp³-hybridized carbons (Fsp3) is 0.308.